The van der Waals surface area contributed by atoms with Crippen LogP contribution in [0.1, 0.15) is 57.7 Å². The van der Waals surface area contributed by atoms with Crippen molar-refractivity contribution in [3.63, 3.8) is 0 Å². The topological polar surface area (TPSA) is 21.3 Å². The van der Waals surface area contributed by atoms with E-state index in [1.165, 1.54) is 11.1 Å². The van der Waals surface area contributed by atoms with Gasteiger partial charge in [-0.05, 0) is 51.2 Å². The number of aryl methyl sites for hydroxylation is 1. The van der Waals surface area contributed by atoms with E-state index in [9.17, 15) is 0 Å². The van der Waals surface area contributed by atoms with E-state index >= 15 is 0 Å². The molecule has 1 aromatic rings. The van der Waals surface area contributed by atoms with Gasteiger partial charge < -0.3 is 10.1 Å². The molecule has 1 aliphatic heterocycles. The third-order valence-corrected chi connectivity index (χ3v) is 4.07. The molecule has 1 saturated heterocycles. The predicted octanol–water partition coefficient (Wildman–Crippen LogP) is 3.86. The first-order valence-electron chi connectivity index (χ1n) is 7.49. The molecule has 0 aliphatic carbocycles. The Labute approximate surface area is 117 Å². The zero-order chi connectivity index (χ0) is 13.9. The van der Waals surface area contributed by atoms with E-state index in [-0.39, 0.29) is 5.60 Å². The molecule has 106 valence electrons. The zero-order valence-electron chi connectivity index (χ0n) is 12.7. The summed E-state index contributed by atoms with van der Waals surface area (Å²) >= 11 is 0. The smallest absolute Gasteiger partial charge is 0.0641 e. The Morgan fingerprint density at radius 3 is 2.58 bits per heavy atom. The lowest BCUT2D eigenvalue weighted by molar-refractivity contribution is -0.0639. The van der Waals surface area contributed by atoms with Crippen LogP contribution in [0, 0.1) is 0 Å². The van der Waals surface area contributed by atoms with Crippen LogP contribution < -0.4 is 5.32 Å². The standard InChI is InChI=1S/C17H27NO/c1-5-14-6-8-15(9-7-14)13(2)18-16-10-11-19-17(3,4)12-16/h6-9,13,16,18H,5,10-12H2,1-4H3. The van der Waals surface area contributed by atoms with Crippen LogP contribution in [0.3, 0.4) is 0 Å². The lowest BCUT2D eigenvalue weighted by atomic mass is 9.93. The van der Waals surface area contributed by atoms with E-state index < -0.39 is 0 Å². The molecule has 2 atom stereocenters. The summed E-state index contributed by atoms with van der Waals surface area (Å²) in [5.41, 5.74) is 2.80. The van der Waals surface area contributed by atoms with Gasteiger partial charge in [0.05, 0.1) is 5.60 Å². The Balaban J connectivity index is 1.94. The number of hydrogen-bond donors (Lipinski definition) is 1. The maximum Gasteiger partial charge on any atom is 0.0641 e. The number of benzene rings is 1. The normalized spacial score (nSPS) is 24.1. The summed E-state index contributed by atoms with van der Waals surface area (Å²) in [6, 6.07) is 9.94. The van der Waals surface area contributed by atoms with Crippen molar-refractivity contribution in [2.24, 2.45) is 0 Å². The first-order chi connectivity index (χ1) is 9.00. The number of nitrogens with one attached hydrogen (secondary N) is 1. The first kappa shape index (κ1) is 14.5. The molecule has 1 heterocycles. The lowest BCUT2D eigenvalue weighted by Crippen LogP contribution is -2.44. The van der Waals surface area contributed by atoms with Crippen LogP contribution in [-0.2, 0) is 11.2 Å². The number of ether oxygens (including phenoxy) is 1. The Bertz CT molecular complexity index is 396. The molecule has 1 aliphatic rings. The predicted molar refractivity (Wildman–Crippen MR) is 80.4 cm³/mol. The molecule has 2 rings (SSSR count). The van der Waals surface area contributed by atoms with Crippen LogP contribution in [0.5, 0.6) is 0 Å². The van der Waals surface area contributed by atoms with Crippen molar-refractivity contribution in [3.05, 3.63) is 35.4 Å². The molecule has 0 amide bonds. The summed E-state index contributed by atoms with van der Waals surface area (Å²) in [5.74, 6) is 0. The van der Waals surface area contributed by atoms with Crippen LogP contribution in [0.25, 0.3) is 0 Å². The molecule has 1 fully saturated rings. The molecular weight excluding hydrogens is 234 g/mol. The molecule has 0 spiro atoms. The highest BCUT2D eigenvalue weighted by Gasteiger charge is 2.29. The summed E-state index contributed by atoms with van der Waals surface area (Å²) in [4.78, 5) is 0. The van der Waals surface area contributed by atoms with Crippen LogP contribution >= 0.6 is 0 Å². The second kappa shape index (κ2) is 6.06. The SMILES string of the molecule is CCc1ccc(C(C)NC2CCOC(C)(C)C2)cc1. The van der Waals surface area contributed by atoms with Gasteiger partial charge in [-0.25, -0.2) is 0 Å². The van der Waals surface area contributed by atoms with E-state index in [2.05, 4.69) is 57.3 Å². The fourth-order valence-corrected chi connectivity index (χ4v) is 2.87. The van der Waals surface area contributed by atoms with Gasteiger partial charge in [-0.2, -0.15) is 0 Å². The van der Waals surface area contributed by atoms with Crippen LogP contribution in [0.2, 0.25) is 0 Å². The molecule has 2 heteroatoms. The quantitative estimate of drug-likeness (QED) is 0.888. The summed E-state index contributed by atoms with van der Waals surface area (Å²) in [6.45, 7) is 9.68. The second-order valence-electron chi connectivity index (χ2n) is 6.28. The Morgan fingerprint density at radius 1 is 1.32 bits per heavy atom. The molecule has 1 N–H and O–H groups in total. The van der Waals surface area contributed by atoms with E-state index in [0.717, 1.165) is 25.9 Å². The van der Waals surface area contributed by atoms with Gasteiger partial charge in [0.2, 0.25) is 0 Å². The fraction of sp³-hybridized carbons (Fsp3) is 0.647. The van der Waals surface area contributed by atoms with Gasteiger partial charge in [-0.15, -0.1) is 0 Å². The van der Waals surface area contributed by atoms with Crippen LogP contribution in [-0.4, -0.2) is 18.2 Å². The van der Waals surface area contributed by atoms with Gasteiger partial charge in [0.25, 0.3) is 0 Å². The molecule has 1 aromatic carbocycles. The lowest BCUT2D eigenvalue weighted by Gasteiger charge is -2.37. The fourth-order valence-electron chi connectivity index (χ4n) is 2.87. The minimum absolute atomic E-state index is 0.0156. The molecule has 0 saturated carbocycles. The van der Waals surface area contributed by atoms with Crippen molar-refractivity contribution in [3.8, 4) is 0 Å². The Kier molecular flexibility index (Phi) is 4.64. The Hall–Kier alpha value is -0.860. The number of rotatable bonds is 4. The molecule has 0 aromatic heterocycles. The van der Waals surface area contributed by atoms with Crippen molar-refractivity contribution in [2.45, 2.75) is 64.6 Å². The minimum atomic E-state index is 0.0156. The molecule has 0 bridgehead atoms. The third kappa shape index (κ3) is 4.05. The van der Waals surface area contributed by atoms with Crippen LogP contribution in [0.4, 0.5) is 0 Å². The van der Waals surface area contributed by atoms with Gasteiger partial charge in [-0.1, -0.05) is 31.2 Å². The monoisotopic (exact) mass is 261 g/mol. The largest absolute Gasteiger partial charge is 0.375 e. The van der Waals surface area contributed by atoms with Gasteiger partial charge >= 0.3 is 0 Å². The van der Waals surface area contributed by atoms with E-state index in [0.29, 0.717) is 12.1 Å². The van der Waals surface area contributed by atoms with E-state index in [1.54, 1.807) is 0 Å². The van der Waals surface area contributed by atoms with Gasteiger partial charge in [-0.3, -0.25) is 0 Å². The highest BCUT2D eigenvalue weighted by atomic mass is 16.5. The van der Waals surface area contributed by atoms with Crippen molar-refractivity contribution < 1.29 is 4.74 Å². The van der Waals surface area contributed by atoms with Gasteiger partial charge in [0, 0.05) is 18.7 Å². The average Bonchev–Trinajstić information content (AvgIpc) is 2.37. The second-order valence-corrected chi connectivity index (χ2v) is 6.28. The molecule has 2 nitrogen and oxygen atoms in total. The molecule has 0 radical (unpaired) electrons. The average molecular weight is 261 g/mol. The first-order valence-corrected chi connectivity index (χ1v) is 7.49. The van der Waals surface area contributed by atoms with Gasteiger partial charge in [0.15, 0.2) is 0 Å². The Morgan fingerprint density at radius 2 is 2.00 bits per heavy atom. The molecule has 19 heavy (non-hydrogen) atoms. The van der Waals surface area contributed by atoms with Crippen molar-refractivity contribution in [1.82, 2.24) is 5.32 Å². The summed E-state index contributed by atoms with van der Waals surface area (Å²) < 4.78 is 5.77. The highest BCUT2D eigenvalue weighted by Crippen LogP contribution is 2.26. The number of hydrogen-bond acceptors (Lipinski definition) is 2. The maximum atomic E-state index is 5.77. The van der Waals surface area contributed by atoms with E-state index in [4.69, 9.17) is 4.74 Å². The van der Waals surface area contributed by atoms with Crippen LogP contribution in [0.15, 0.2) is 24.3 Å². The summed E-state index contributed by atoms with van der Waals surface area (Å²) in [5, 5.41) is 3.75. The zero-order valence-corrected chi connectivity index (χ0v) is 12.7. The maximum absolute atomic E-state index is 5.77. The van der Waals surface area contributed by atoms with Gasteiger partial charge in [0.1, 0.15) is 0 Å². The molecular formula is C17H27NO. The summed E-state index contributed by atoms with van der Waals surface area (Å²) in [7, 11) is 0. The summed E-state index contributed by atoms with van der Waals surface area (Å²) in [6.07, 6.45) is 3.31. The van der Waals surface area contributed by atoms with E-state index in [1.807, 2.05) is 0 Å². The minimum Gasteiger partial charge on any atom is -0.375 e. The molecule has 2 unspecified atom stereocenters. The van der Waals surface area contributed by atoms with Crippen molar-refractivity contribution in [1.29, 1.82) is 0 Å². The third-order valence-electron chi connectivity index (χ3n) is 4.07. The van der Waals surface area contributed by atoms with Crippen molar-refractivity contribution in [2.75, 3.05) is 6.61 Å². The van der Waals surface area contributed by atoms with Crippen molar-refractivity contribution >= 4 is 0 Å². The highest BCUT2D eigenvalue weighted by molar-refractivity contribution is 5.24.